The minimum atomic E-state index is -4.48. The topological polar surface area (TPSA) is 35.6 Å². The molecule has 0 aromatic heterocycles. The molecule has 0 radical (unpaired) electrons. The van der Waals surface area contributed by atoms with Gasteiger partial charge >= 0.3 is 12.2 Å². The summed E-state index contributed by atoms with van der Waals surface area (Å²) in [6, 6.07) is 4.74. The second kappa shape index (κ2) is 6.03. The van der Waals surface area contributed by atoms with Gasteiger partial charge in [0.1, 0.15) is 0 Å². The molecule has 23 heavy (non-hydrogen) atoms. The van der Waals surface area contributed by atoms with Crippen LogP contribution in [0.15, 0.2) is 24.3 Å². The van der Waals surface area contributed by atoms with Crippen LogP contribution in [0.4, 0.5) is 23.7 Å². The first-order valence-corrected chi connectivity index (χ1v) is 7.78. The SMILES string of the molecule is CN1CC[C@H]2CCN(C(=O)Nc3ccccc3C(F)(F)F)[C@@H]2C1. The number of likely N-dealkylation sites (tertiary alicyclic amines) is 2. The van der Waals surface area contributed by atoms with Gasteiger partial charge in [-0.2, -0.15) is 13.2 Å². The van der Waals surface area contributed by atoms with Gasteiger partial charge in [0.15, 0.2) is 0 Å². The summed E-state index contributed by atoms with van der Waals surface area (Å²) in [4.78, 5) is 16.3. The summed E-state index contributed by atoms with van der Waals surface area (Å²) in [5.41, 5.74) is -0.998. The average molecular weight is 327 g/mol. The standard InChI is InChI=1S/C16H20F3N3O/c1-21-8-6-11-7-9-22(14(11)10-21)15(23)20-13-5-3-2-4-12(13)16(17,18)19/h2-5,11,14H,6-10H2,1H3,(H,20,23)/t11-,14+/m0/s1. The summed E-state index contributed by atoms with van der Waals surface area (Å²) in [6.07, 6.45) is -2.53. The van der Waals surface area contributed by atoms with Crippen molar-refractivity contribution in [2.24, 2.45) is 5.92 Å². The Morgan fingerprint density at radius 1 is 1.22 bits per heavy atom. The van der Waals surface area contributed by atoms with Crippen molar-refractivity contribution in [2.75, 3.05) is 32.0 Å². The molecule has 0 spiro atoms. The summed E-state index contributed by atoms with van der Waals surface area (Å²) in [5.74, 6) is 0.454. The lowest BCUT2D eigenvalue weighted by Crippen LogP contribution is -2.49. The van der Waals surface area contributed by atoms with Crippen LogP contribution in [0.25, 0.3) is 0 Å². The van der Waals surface area contributed by atoms with E-state index in [1.807, 2.05) is 7.05 Å². The minimum Gasteiger partial charge on any atom is -0.320 e. The van der Waals surface area contributed by atoms with Crippen LogP contribution in [-0.4, -0.2) is 48.6 Å². The highest BCUT2D eigenvalue weighted by Gasteiger charge is 2.40. The monoisotopic (exact) mass is 327 g/mol. The third-order valence-electron chi connectivity index (χ3n) is 4.80. The molecule has 2 aliphatic rings. The molecule has 2 amide bonds. The number of alkyl halides is 3. The molecule has 0 aliphatic carbocycles. The van der Waals surface area contributed by atoms with Gasteiger partial charge < -0.3 is 15.1 Å². The quantitative estimate of drug-likeness (QED) is 0.859. The Kier molecular flexibility index (Phi) is 4.23. The molecule has 126 valence electrons. The summed E-state index contributed by atoms with van der Waals surface area (Å²) in [5, 5.41) is 2.46. The molecular formula is C16H20F3N3O. The Morgan fingerprint density at radius 2 is 1.91 bits per heavy atom. The van der Waals surface area contributed by atoms with E-state index < -0.39 is 17.8 Å². The zero-order valence-corrected chi connectivity index (χ0v) is 12.9. The van der Waals surface area contributed by atoms with Crippen molar-refractivity contribution in [3.05, 3.63) is 29.8 Å². The van der Waals surface area contributed by atoms with Crippen LogP contribution in [0.2, 0.25) is 0 Å². The zero-order chi connectivity index (χ0) is 16.6. The number of carbonyl (C=O) groups is 1. The molecule has 4 nitrogen and oxygen atoms in total. The van der Waals surface area contributed by atoms with Crippen molar-refractivity contribution in [3.8, 4) is 0 Å². The maximum Gasteiger partial charge on any atom is 0.418 e. The highest BCUT2D eigenvalue weighted by Crippen LogP contribution is 2.36. The van der Waals surface area contributed by atoms with Gasteiger partial charge in [-0.15, -0.1) is 0 Å². The van der Waals surface area contributed by atoms with Crippen LogP contribution in [0.5, 0.6) is 0 Å². The van der Waals surface area contributed by atoms with Gasteiger partial charge in [0.2, 0.25) is 0 Å². The Balaban J connectivity index is 1.75. The number of likely N-dealkylation sites (N-methyl/N-ethyl adjacent to an activating group) is 1. The number of hydrogen-bond donors (Lipinski definition) is 1. The van der Waals surface area contributed by atoms with Crippen LogP contribution in [0, 0.1) is 5.92 Å². The van der Waals surface area contributed by atoms with Gasteiger partial charge in [-0.1, -0.05) is 12.1 Å². The normalized spacial score (nSPS) is 25.3. The molecular weight excluding hydrogens is 307 g/mol. The van der Waals surface area contributed by atoms with Gasteiger partial charge in [-0.05, 0) is 44.5 Å². The summed E-state index contributed by atoms with van der Waals surface area (Å²) in [6.45, 7) is 2.38. The number of hydrogen-bond acceptors (Lipinski definition) is 2. The lowest BCUT2D eigenvalue weighted by molar-refractivity contribution is -0.136. The fourth-order valence-electron chi connectivity index (χ4n) is 3.58. The molecule has 2 atom stereocenters. The van der Waals surface area contributed by atoms with Crippen molar-refractivity contribution in [2.45, 2.75) is 25.1 Å². The van der Waals surface area contributed by atoms with Gasteiger partial charge in [-0.25, -0.2) is 4.79 Å². The van der Waals surface area contributed by atoms with E-state index in [9.17, 15) is 18.0 Å². The van der Waals surface area contributed by atoms with Crippen LogP contribution < -0.4 is 5.32 Å². The van der Waals surface area contributed by atoms with Crippen LogP contribution in [0.3, 0.4) is 0 Å². The van der Waals surface area contributed by atoms with Crippen molar-refractivity contribution in [1.29, 1.82) is 0 Å². The van der Waals surface area contributed by atoms with E-state index in [1.165, 1.54) is 18.2 Å². The Labute approximate surface area is 133 Å². The summed E-state index contributed by atoms with van der Waals surface area (Å²) < 4.78 is 39.1. The molecule has 2 saturated heterocycles. The highest BCUT2D eigenvalue weighted by atomic mass is 19.4. The van der Waals surface area contributed by atoms with E-state index in [0.29, 0.717) is 12.5 Å². The van der Waals surface area contributed by atoms with Crippen molar-refractivity contribution >= 4 is 11.7 Å². The molecule has 7 heteroatoms. The lowest BCUT2D eigenvalue weighted by atomic mass is 9.92. The predicted octanol–water partition coefficient (Wildman–Crippen LogP) is 3.26. The van der Waals surface area contributed by atoms with E-state index in [2.05, 4.69) is 10.2 Å². The maximum absolute atomic E-state index is 13.0. The third-order valence-corrected chi connectivity index (χ3v) is 4.80. The Bertz CT molecular complexity index is 590. The summed E-state index contributed by atoms with van der Waals surface area (Å²) in [7, 11) is 2.00. The van der Waals surface area contributed by atoms with Gasteiger partial charge in [0.05, 0.1) is 11.3 Å². The predicted molar refractivity (Wildman–Crippen MR) is 81.2 cm³/mol. The van der Waals surface area contributed by atoms with Crippen molar-refractivity contribution in [3.63, 3.8) is 0 Å². The Morgan fingerprint density at radius 3 is 2.65 bits per heavy atom. The second-order valence-corrected chi connectivity index (χ2v) is 6.33. The van der Waals surface area contributed by atoms with Gasteiger partial charge in [0, 0.05) is 19.1 Å². The first-order valence-electron chi connectivity index (χ1n) is 7.78. The maximum atomic E-state index is 13.0. The zero-order valence-electron chi connectivity index (χ0n) is 12.9. The molecule has 0 bridgehead atoms. The van der Waals surface area contributed by atoms with Crippen LogP contribution in [-0.2, 0) is 6.18 Å². The van der Waals surface area contributed by atoms with E-state index in [4.69, 9.17) is 0 Å². The number of halogens is 3. The van der Waals surface area contributed by atoms with E-state index in [0.717, 1.165) is 32.0 Å². The van der Waals surface area contributed by atoms with E-state index >= 15 is 0 Å². The number of piperidine rings is 1. The van der Waals surface area contributed by atoms with Crippen LogP contribution in [0.1, 0.15) is 18.4 Å². The average Bonchev–Trinajstić information content (AvgIpc) is 2.89. The van der Waals surface area contributed by atoms with Crippen molar-refractivity contribution < 1.29 is 18.0 Å². The van der Waals surface area contributed by atoms with Gasteiger partial charge in [0.25, 0.3) is 0 Å². The molecule has 2 aliphatic heterocycles. The van der Waals surface area contributed by atoms with Crippen molar-refractivity contribution in [1.82, 2.24) is 9.80 Å². The number of anilines is 1. The number of para-hydroxylation sites is 1. The number of rotatable bonds is 1. The fourth-order valence-corrected chi connectivity index (χ4v) is 3.58. The molecule has 1 N–H and O–H groups in total. The Hall–Kier alpha value is -1.76. The van der Waals surface area contributed by atoms with Crippen LogP contribution >= 0.6 is 0 Å². The molecule has 2 heterocycles. The number of nitrogens with zero attached hydrogens (tertiary/aromatic N) is 2. The number of urea groups is 1. The molecule has 1 aromatic carbocycles. The number of amides is 2. The largest absolute Gasteiger partial charge is 0.418 e. The lowest BCUT2D eigenvalue weighted by Gasteiger charge is -2.36. The number of benzene rings is 1. The third kappa shape index (κ3) is 3.29. The van der Waals surface area contributed by atoms with Gasteiger partial charge in [-0.3, -0.25) is 0 Å². The number of carbonyl (C=O) groups excluding carboxylic acids is 1. The van der Waals surface area contributed by atoms with E-state index in [-0.39, 0.29) is 11.7 Å². The fraction of sp³-hybridized carbons (Fsp3) is 0.562. The minimum absolute atomic E-state index is 0.0896. The molecule has 1 aromatic rings. The first-order chi connectivity index (χ1) is 10.9. The smallest absolute Gasteiger partial charge is 0.320 e. The molecule has 0 saturated carbocycles. The second-order valence-electron chi connectivity index (χ2n) is 6.33. The number of fused-ring (bicyclic) bond motifs is 1. The molecule has 3 rings (SSSR count). The first kappa shape index (κ1) is 16.1. The molecule has 0 unspecified atom stereocenters. The van der Waals surface area contributed by atoms with E-state index in [1.54, 1.807) is 4.90 Å². The highest BCUT2D eigenvalue weighted by molar-refractivity contribution is 5.90. The molecule has 2 fully saturated rings. The number of nitrogens with one attached hydrogen (secondary N) is 1. The summed E-state index contributed by atoms with van der Waals surface area (Å²) >= 11 is 0.